The lowest BCUT2D eigenvalue weighted by atomic mass is 10.1. The Hall–Kier alpha value is -3.42. The van der Waals surface area contributed by atoms with E-state index in [1.54, 1.807) is 0 Å². The molecule has 0 radical (unpaired) electrons. The predicted molar refractivity (Wildman–Crippen MR) is 79.5 cm³/mol. The zero-order valence-electron chi connectivity index (χ0n) is 11.8. The van der Waals surface area contributed by atoms with Crippen molar-refractivity contribution in [2.24, 2.45) is 0 Å². The van der Waals surface area contributed by atoms with Gasteiger partial charge in [-0.15, -0.1) is 0 Å². The molecular formula is C15H11NO7. The van der Waals surface area contributed by atoms with Crippen LogP contribution in [0.15, 0.2) is 39.6 Å². The molecule has 8 heteroatoms. The van der Waals surface area contributed by atoms with Crippen LogP contribution in [-0.4, -0.2) is 20.9 Å². The highest BCUT2D eigenvalue weighted by Crippen LogP contribution is 2.26. The number of benzene rings is 1. The summed E-state index contributed by atoms with van der Waals surface area (Å²) >= 11 is 0. The number of nitrogens with zero attached hydrogens (tertiary/aromatic N) is 1. The summed E-state index contributed by atoms with van der Waals surface area (Å²) in [5.41, 5.74) is -1.76. The molecule has 0 aliphatic heterocycles. The lowest BCUT2D eigenvalue weighted by Gasteiger charge is -2.00. The number of ketones is 1. The van der Waals surface area contributed by atoms with Crippen LogP contribution in [0.2, 0.25) is 0 Å². The van der Waals surface area contributed by atoms with Gasteiger partial charge < -0.3 is 14.6 Å². The average molecular weight is 317 g/mol. The summed E-state index contributed by atoms with van der Waals surface area (Å²) in [6.45, 7) is 1.45. The van der Waals surface area contributed by atoms with E-state index in [4.69, 9.17) is 4.42 Å². The van der Waals surface area contributed by atoms with Crippen molar-refractivity contribution in [3.63, 3.8) is 0 Å². The minimum Gasteiger partial charge on any atom is -0.507 e. The van der Waals surface area contributed by atoms with Gasteiger partial charge in [0.25, 0.3) is 0 Å². The minimum atomic E-state index is -0.978. The largest absolute Gasteiger partial charge is 0.507 e. The molecular weight excluding hydrogens is 306 g/mol. The Morgan fingerprint density at radius 1 is 1.26 bits per heavy atom. The summed E-state index contributed by atoms with van der Waals surface area (Å²) in [6, 6.07) is 4.66. The van der Waals surface area contributed by atoms with E-state index in [1.165, 1.54) is 19.1 Å². The molecule has 2 rings (SSSR count). The van der Waals surface area contributed by atoms with Gasteiger partial charge >= 0.3 is 11.3 Å². The van der Waals surface area contributed by atoms with Crippen LogP contribution in [0.25, 0.3) is 6.08 Å². The summed E-state index contributed by atoms with van der Waals surface area (Å²) in [7, 11) is 0. The van der Waals surface area contributed by atoms with Crippen molar-refractivity contribution in [3.05, 3.63) is 67.8 Å². The second-order valence-electron chi connectivity index (χ2n) is 4.61. The summed E-state index contributed by atoms with van der Waals surface area (Å²) in [5, 5.41) is 29.7. The number of phenols is 1. The van der Waals surface area contributed by atoms with Gasteiger partial charge in [0.2, 0.25) is 0 Å². The fraction of sp³-hybridized carbons (Fsp3) is 0.0667. The molecule has 0 amide bonds. The first-order chi connectivity index (χ1) is 10.8. The number of hydrogen-bond donors (Lipinski definition) is 2. The maximum atomic E-state index is 12.0. The number of aryl methyl sites for hydroxylation is 1. The maximum absolute atomic E-state index is 12.0. The number of hydrogen-bond acceptors (Lipinski definition) is 7. The summed E-state index contributed by atoms with van der Waals surface area (Å²) in [6.07, 6.45) is 2.19. The third-order valence-corrected chi connectivity index (χ3v) is 2.92. The highest BCUT2D eigenvalue weighted by atomic mass is 16.6. The molecule has 0 fully saturated rings. The summed E-state index contributed by atoms with van der Waals surface area (Å²) in [4.78, 5) is 33.5. The van der Waals surface area contributed by atoms with Crippen molar-refractivity contribution < 1.29 is 24.3 Å². The fourth-order valence-electron chi connectivity index (χ4n) is 1.87. The number of nitro benzene ring substituents is 1. The number of carbonyl (C=O) groups is 1. The number of nitro groups is 1. The van der Waals surface area contributed by atoms with Gasteiger partial charge in [-0.3, -0.25) is 14.9 Å². The SMILES string of the molecule is Cc1cc(O)c(C(=O)C=Cc2ccc(O)c([N+](=O)[O-])c2)c(=O)o1. The average Bonchev–Trinajstić information content (AvgIpc) is 2.45. The Labute approximate surface area is 129 Å². The van der Waals surface area contributed by atoms with Gasteiger partial charge in [0, 0.05) is 12.1 Å². The van der Waals surface area contributed by atoms with Crippen LogP contribution >= 0.6 is 0 Å². The van der Waals surface area contributed by atoms with E-state index in [1.807, 2.05) is 0 Å². The second kappa shape index (κ2) is 6.14. The Bertz CT molecular complexity index is 880. The molecule has 0 aliphatic rings. The van der Waals surface area contributed by atoms with Gasteiger partial charge in [-0.2, -0.15) is 0 Å². The third kappa shape index (κ3) is 3.43. The van der Waals surface area contributed by atoms with Gasteiger partial charge in [0.05, 0.1) is 4.92 Å². The molecule has 0 bridgehead atoms. The van der Waals surface area contributed by atoms with Crippen molar-refractivity contribution in [3.8, 4) is 11.5 Å². The predicted octanol–water partition coefficient (Wildman–Crippen LogP) is 2.16. The first-order valence-electron chi connectivity index (χ1n) is 6.33. The normalized spacial score (nSPS) is 10.8. The van der Waals surface area contributed by atoms with Crippen molar-refractivity contribution >= 4 is 17.5 Å². The number of aromatic hydroxyl groups is 2. The van der Waals surface area contributed by atoms with E-state index in [2.05, 4.69) is 0 Å². The molecule has 0 saturated heterocycles. The molecule has 0 saturated carbocycles. The second-order valence-corrected chi connectivity index (χ2v) is 4.61. The summed E-state index contributed by atoms with van der Waals surface area (Å²) < 4.78 is 4.74. The molecule has 23 heavy (non-hydrogen) atoms. The van der Waals surface area contributed by atoms with E-state index >= 15 is 0 Å². The van der Waals surface area contributed by atoms with Crippen LogP contribution in [0, 0.1) is 17.0 Å². The van der Waals surface area contributed by atoms with Crippen molar-refractivity contribution in [1.82, 2.24) is 0 Å². The molecule has 2 aromatic rings. The molecule has 118 valence electrons. The molecule has 0 aliphatic carbocycles. The van der Waals surface area contributed by atoms with Gasteiger partial charge in [-0.1, -0.05) is 12.1 Å². The smallest absolute Gasteiger partial charge is 0.351 e. The number of rotatable bonds is 4. The lowest BCUT2D eigenvalue weighted by molar-refractivity contribution is -0.385. The Morgan fingerprint density at radius 3 is 2.57 bits per heavy atom. The van der Waals surface area contributed by atoms with E-state index < -0.39 is 39.1 Å². The van der Waals surface area contributed by atoms with Gasteiger partial charge in [-0.05, 0) is 24.6 Å². The third-order valence-electron chi connectivity index (χ3n) is 2.92. The van der Waals surface area contributed by atoms with Crippen LogP contribution in [0.3, 0.4) is 0 Å². The van der Waals surface area contributed by atoms with Gasteiger partial charge in [0.1, 0.15) is 17.1 Å². The molecule has 0 spiro atoms. The van der Waals surface area contributed by atoms with Crippen LogP contribution in [0.4, 0.5) is 5.69 Å². The maximum Gasteiger partial charge on any atom is 0.351 e. The van der Waals surface area contributed by atoms with Crippen molar-refractivity contribution in [2.75, 3.05) is 0 Å². The Balaban J connectivity index is 2.34. The molecule has 0 atom stereocenters. The van der Waals surface area contributed by atoms with E-state index in [0.29, 0.717) is 0 Å². The van der Waals surface area contributed by atoms with Crippen LogP contribution in [-0.2, 0) is 0 Å². The lowest BCUT2D eigenvalue weighted by Crippen LogP contribution is -2.12. The van der Waals surface area contributed by atoms with Gasteiger partial charge in [-0.25, -0.2) is 4.79 Å². The number of phenolic OH excluding ortho intramolecular Hbond substituents is 1. The topological polar surface area (TPSA) is 131 Å². The van der Waals surface area contributed by atoms with Crippen molar-refractivity contribution in [1.29, 1.82) is 0 Å². The molecule has 1 aromatic carbocycles. The fourth-order valence-corrected chi connectivity index (χ4v) is 1.87. The Kier molecular flexibility index (Phi) is 4.26. The van der Waals surface area contributed by atoms with Crippen LogP contribution in [0.1, 0.15) is 21.7 Å². The zero-order chi connectivity index (χ0) is 17.1. The highest BCUT2D eigenvalue weighted by molar-refractivity contribution is 6.08. The Morgan fingerprint density at radius 2 is 1.96 bits per heavy atom. The molecule has 0 unspecified atom stereocenters. The van der Waals surface area contributed by atoms with Gasteiger partial charge in [0.15, 0.2) is 11.5 Å². The van der Waals surface area contributed by atoms with Crippen molar-refractivity contribution in [2.45, 2.75) is 6.92 Å². The molecule has 1 aromatic heterocycles. The van der Waals surface area contributed by atoms with E-state index in [0.717, 1.165) is 24.3 Å². The number of allylic oxidation sites excluding steroid dienone is 1. The quantitative estimate of drug-likeness (QED) is 0.382. The minimum absolute atomic E-state index is 0.155. The molecule has 2 N–H and O–H groups in total. The molecule has 1 heterocycles. The van der Waals surface area contributed by atoms with E-state index in [-0.39, 0.29) is 11.3 Å². The standard InChI is InChI=1S/C15H11NO7/c1-8-6-13(19)14(15(20)23-8)12(18)5-3-9-2-4-11(17)10(7-9)16(21)22/h2-7,17,19H,1H3. The first-order valence-corrected chi connectivity index (χ1v) is 6.33. The molecule has 8 nitrogen and oxygen atoms in total. The summed E-state index contributed by atoms with van der Waals surface area (Å²) in [5.74, 6) is -1.67. The number of carbonyl (C=O) groups excluding carboxylic acids is 1. The first kappa shape index (κ1) is 16.0. The zero-order valence-corrected chi connectivity index (χ0v) is 11.8. The van der Waals surface area contributed by atoms with E-state index in [9.17, 15) is 29.9 Å². The van der Waals surface area contributed by atoms with Crippen LogP contribution in [0.5, 0.6) is 11.5 Å². The van der Waals surface area contributed by atoms with Crippen LogP contribution < -0.4 is 5.63 Å². The highest BCUT2D eigenvalue weighted by Gasteiger charge is 2.16. The monoisotopic (exact) mass is 317 g/mol.